The van der Waals surface area contributed by atoms with E-state index in [2.05, 4.69) is 0 Å². The number of imide groups is 3. The van der Waals surface area contributed by atoms with E-state index in [-0.39, 0.29) is 64.9 Å². The Morgan fingerprint density at radius 2 is 0.766 bits per heavy atom. The summed E-state index contributed by atoms with van der Waals surface area (Å²) in [5, 5.41) is -0.133. The van der Waals surface area contributed by atoms with E-state index in [0.717, 1.165) is 41.9 Å². The van der Waals surface area contributed by atoms with Gasteiger partial charge in [0.2, 0.25) is 0 Å². The molecule has 2 saturated carbocycles. The predicted molar refractivity (Wildman–Crippen MR) is 175 cm³/mol. The fourth-order valence-electron chi connectivity index (χ4n) is 8.25. The van der Waals surface area contributed by atoms with Crippen LogP contribution in [0.5, 0.6) is 0 Å². The molecule has 47 heavy (non-hydrogen) atoms. The van der Waals surface area contributed by atoms with Crippen LogP contribution in [0.2, 0.25) is 20.1 Å². The molecule has 3 aromatic rings. The number of hydrogen-bond acceptors (Lipinski definition) is 6. The number of carbonyl (C=O) groups is 6. The number of fused-ring (bicyclic) bond motifs is 1. The molecule has 0 unspecified atom stereocenters. The molecule has 2 fully saturated rings. The van der Waals surface area contributed by atoms with Gasteiger partial charge in [-0.05, 0) is 49.9 Å². The molecule has 240 valence electrons. The number of amides is 6. The van der Waals surface area contributed by atoms with Gasteiger partial charge in [0.25, 0.3) is 35.4 Å². The van der Waals surface area contributed by atoms with Gasteiger partial charge in [-0.1, -0.05) is 78.5 Å². The first kappa shape index (κ1) is 30.8. The Kier molecular flexibility index (Phi) is 7.22. The Bertz CT molecular complexity index is 1920. The number of benzene rings is 3. The van der Waals surface area contributed by atoms with Crippen LogP contribution in [0.1, 0.15) is 120 Å². The molecular weight excluding hydrogens is 688 g/mol. The lowest BCUT2D eigenvalue weighted by molar-refractivity contribution is 0.0265. The van der Waals surface area contributed by atoms with Gasteiger partial charge in [0.05, 0.1) is 43.3 Å². The highest BCUT2D eigenvalue weighted by molar-refractivity contribution is 6.55. The van der Waals surface area contributed by atoms with Gasteiger partial charge in [0.1, 0.15) is 0 Å². The Labute approximate surface area is 288 Å². The number of carbonyl (C=O) groups excluding carboxylic acids is 6. The van der Waals surface area contributed by atoms with Gasteiger partial charge in [-0.15, -0.1) is 0 Å². The summed E-state index contributed by atoms with van der Waals surface area (Å²) in [7, 11) is 0. The van der Waals surface area contributed by atoms with Crippen LogP contribution in [0.3, 0.4) is 0 Å². The number of halogens is 4. The zero-order valence-electron chi connectivity index (χ0n) is 24.7. The van der Waals surface area contributed by atoms with Gasteiger partial charge in [0, 0.05) is 39.1 Å². The maximum atomic E-state index is 14.3. The van der Waals surface area contributed by atoms with E-state index in [9.17, 15) is 28.8 Å². The molecule has 3 aromatic carbocycles. The van der Waals surface area contributed by atoms with Crippen molar-refractivity contribution in [1.29, 1.82) is 0 Å². The van der Waals surface area contributed by atoms with Crippen LogP contribution in [0.15, 0.2) is 24.3 Å². The summed E-state index contributed by atoms with van der Waals surface area (Å²) < 4.78 is 0. The van der Waals surface area contributed by atoms with Crippen LogP contribution in [0, 0.1) is 0 Å². The molecule has 0 bridgehead atoms. The highest BCUT2D eigenvalue weighted by Crippen LogP contribution is 2.47. The molecule has 0 N–H and O–H groups in total. The molecule has 0 aromatic heterocycles. The largest absolute Gasteiger partial charge is 0.271 e. The topological polar surface area (TPSA) is 112 Å². The van der Waals surface area contributed by atoms with Crippen LogP contribution in [0.25, 0.3) is 10.8 Å². The summed E-state index contributed by atoms with van der Waals surface area (Å²) in [5.41, 5.74) is 0.572. The van der Waals surface area contributed by atoms with E-state index in [1.54, 1.807) is 12.1 Å². The Morgan fingerprint density at radius 3 is 1.17 bits per heavy atom. The molecule has 5 aliphatic rings. The second kappa shape index (κ2) is 11.0. The number of hydrogen-bond donors (Lipinski definition) is 0. The van der Waals surface area contributed by atoms with Gasteiger partial charge < -0.3 is 0 Å². The minimum absolute atomic E-state index is 0.155. The maximum Gasteiger partial charge on any atom is 0.263 e. The smallest absolute Gasteiger partial charge is 0.263 e. The van der Waals surface area contributed by atoms with Crippen molar-refractivity contribution in [2.75, 3.05) is 0 Å². The summed E-state index contributed by atoms with van der Waals surface area (Å²) in [6.07, 6.45) is 6.35. The average molecular weight is 713 g/mol. The fraction of sp³-hybridized carbons (Fsp3) is 0.353. The van der Waals surface area contributed by atoms with Crippen molar-refractivity contribution in [3.05, 3.63) is 77.7 Å². The average Bonchev–Trinajstić information content (AvgIpc) is 3.34. The minimum Gasteiger partial charge on any atom is -0.271 e. The molecule has 0 radical (unpaired) electrons. The first-order valence-electron chi connectivity index (χ1n) is 15.6. The van der Waals surface area contributed by atoms with Crippen molar-refractivity contribution in [3.63, 3.8) is 0 Å². The molecule has 3 aliphatic heterocycles. The Morgan fingerprint density at radius 1 is 0.426 bits per heavy atom. The van der Waals surface area contributed by atoms with E-state index in [0.29, 0.717) is 31.1 Å². The van der Waals surface area contributed by atoms with Gasteiger partial charge in [-0.25, -0.2) is 0 Å². The SMILES string of the molecule is O=C1c2ccc3c4c(ccc(c24)C(=O)N1C1CCCCC1)C(=O)N([C@@H]1CCCC[C@H]1N1C(=O)c2c(Cl)c(Cl)c(Cl)c(Cl)c2C1=O)C3=O. The first-order valence-corrected chi connectivity index (χ1v) is 17.1. The standard InChI is InChI=1S/C34H25Cl4N3O6/c35-25-23-24(26(36)28(38)27(25)37)34(47)41(33(23)46)20-9-5-4-8-19(20)40-31(44)17-12-10-15-21-16(11-13-18(22(17)21)32(40)45)30(43)39(29(15)42)14-6-2-1-3-7-14/h10-14,19-20H,1-9H2/t19-,20-/m1/s1. The number of nitrogens with zero attached hydrogens (tertiary/aromatic N) is 3. The molecule has 2 aliphatic carbocycles. The van der Waals surface area contributed by atoms with Crippen molar-refractivity contribution in [2.45, 2.75) is 75.9 Å². The lowest BCUT2D eigenvalue weighted by atomic mass is 9.82. The quantitative estimate of drug-likeness (QED) is 0.157. The Hall–Kier alpha value is -3.50. The third-order valence-corrected chi connectivity index (χ3v) is 12.2. The van der Waals surface area contributed by atoms with E-state index in [1.165, 1.54) is 17.0 Å². The van der Waals surface area contributed by atoms with E-state index >= 15 is 0 Å². The maximum absolute atomic E-state index is 14.3. The Balaban J connectivity index is 1.20. The van der Waals surface area contributed by atoms with E-state index in [4.69, 9.17) is 46.4 Å². The van der Waals surface area contributed by atoms with Crippen molar-refractivity contribution < 1.29 is 28.8 Å². The normalized spacial score (nSPS) is 23.0. The molecule has 3 heterocycles. The molecule has 13 heteroatoms. The third-order valence-electron chi connectivity index (χ3n) is 10.4. The predicted octanol–water partition coefficient (Wildman–Crippen LogP) is 7.59. The first-order chi connectivity index (χ1) is 22.5. The summed E-state index contributed by atoms with van der Waals surface area (Å²) in [4.78, 5) is 87.3. The van der Waals surface area contributed by atoms with Crippen LogP contribution >= 0.6 is 46.4 Å². The lowest BCUT2D eigenvalue weighted by Crippen LogP contribution is -2.59. The second-order valence-electron chi connectivity index (χ2n) is 12.7. The number of rotatable bonds is 3. The summed E-state index contributed by atoms with van der Waals surface area (Å²) >= 11 is 25.2. The summed E-state index contributed by atoms with van der Waals surface area (Å²) in [6.45, 7) is 0. The highest BCUT2D eigenvalue weighted by Gasteiger charge is 2.51. The molecule has 0 saturated heterocycles. The van der Waals surface area contributed by atoms with Crippen LogP contribution in [-0.2, 0) is 0 Å². The molecule has 0 spiro atoms. The fourth-order valence-corrected chi connectivity index (χ4v) is 9.26. The summed E-state index contributed by atoms with van der Waals surface area (Å²) in [5.74, 6) is -3.56. The van der Waals surface area contributed by atoms with Crippen LogP contribution < -0.4 is 0 Å². The minimum atomic E-state index is -0.879. The van der Waals surface area contributed by atoms with Crippen molar-refractivity contribution >= 4 is 92.6 Å². The van der Waals surface area contributed by atoms with E-state index in [1.807, 2.05) is 0 Å². The van der Waals surface area contributed by atoms with E-state index < -0.39 is 47.5 Å². The van der Waals surface area contributed by atoms with Crippen LogP contribution in [0.4, 0.5) is 0 Å². The lowest BCUT2D eigenvalue weighted by Gasteiger charge is -2.43. The molecule has 8 rings (SSSR count). The van der Waals surface area contributed by atoms with Gasteiger partial charge in [-0.2, -0.15) is 0 Å². The van der Waals surface area contributed by atoms with Crippen LogP contribution in [-0.4, -0.2) is 68.3 Å². The van der Waals surface area contributed by atoms with Gasteiger partial charge in [-0.3, -0.25) is 43.5 Å². The second-order valence-corrected chi connectivity index (χ2v) is 14.2. The third kappa shape index (κ3) is 4.16. The van der Waals surface area contributed by atoms with Crippen molar-refractivity contribution in [1.82, 2.24) is 14.7 Å². The highest BCUT2D eigenvalue weighted by atomic mass is 35.5. The van der Waals surface area contributed by atoms with Gasteiger partial charge in [0.15, 0.2) is 0 Å². The van der Waals surface area contributed by atoms with Crippen molar-refractivity contribution in [2.24, 2.45) is 0 Å². The molecular formula is C34H25Cl4N3O6. The van der Waals surface area contributed by atoms with Crippen molar-refractivity contribution in [3.8, 4) is 0 Å². The molecule has 2 atom stereocenters. The summed E-state index contributed by atoms with van der Waals surface area (Å²) in [6, 6.07) is 4.24. The van der Waals surface area contributed by atoms with Gasteiger partial charge >= 0.3 is 0 Å². The molecule has 6 amide bonds. The zero-order valence-corrected chi connectivity index (χ0v) is 27.7. The zero-order chi connectivity index (χ0) is 33.0. The monoisotopic (exact) mass is 711 g/mol. The molecule has 9 nitrogen and oxygen atoms in total.